The van der Waals surface area contributed by atoms with E-state index in [1.54, 1.807) is 7.11 Å². The zero-order chi connectivity index (χ0) is 63.8. The van der Waals surface area contributed by atoms with Crippen LogP contribution in [0.1, 0.15) is 125 Å². The van der Waals surface area contributed by atoms with Crippen molar-refractivity contribution in [1.29, 1.82) is 0 Å². The van der Waals surface area contributed by atoms with E-state index in [9.17, 15) is 14.4 Å². The molecule has 12 nitrogen and oxygen atoms in total. The monoisotopic (exact) mass is 1200 g/mol. The van der Waals surface area contributed by atoms with Gasteiger partial charge < -0.3 is 29.2 Å². The highest BCUT2D eigenvalue weighted by Gasteiger charge is 2.37. The highest BCUT2D eigenvalue weighted by atomic mass is 16.5. The minimum Gasteiger partial charge on any atom is -0.497 e. The number of carbonyl (C=O) groups excluding carboxylic acids is 3. The van der Waals surface area contributed by atoms with E-state index in [0.717, 1.165) is 120 Å². The van der Waals surface area contributed by atoms with Crippen molar-refractivity contribution in [3.8, 4) is 5.75 Å². The molecule has 9 rings (SSSR count). The van der Waals surface area contributed by atoms with Crippen LogP contribution in [0.4, 0.5) is 17.1 Å². The van der Waals surface area contributed by atoms with Crippen molar-refractivity contribution in [1.82, 2.24) is 29.4 Å². The van der Waals surface area contributed by atoms with E-state index in [4.69, 9.17) is 4.74 Å². The van der Waals surface area contributed by atoms with Gasteiger partial charge in [0.1, 0.15) is 5.75 Å². The molecule has 6 aromatic carbocycles. The van der Waals surface area contributed by atoms with Crippen molar-refractivity contribution in [2.75, 3.05) is 102 Å². The molecule has 0 saturated carbocycles. The van der Waals surface area contributed by atoms with Gasteiger partial charge in [-0.15, -0.1) is 13.2 Å². The minimum absolute atomic E-state index is 0.0843. The molecule has 3 aliphatic rings. The molecule has 3 heterocycles. The van der Waals surface area contributed by atoms with E-state index < -0.39 is 0 Å². The zero-order valence-corrected chi connectivity index (χ0v) is 55.4. The summed E-state index contributed by atoms with van der Waals surface area (Å²) in [6.07, 6.45) is 7.77. The van der Waals surface area contributed by atoms with Crippen LogP contribution in [0.2, 0.25) is 0 Å². The smallest absolute Gasteiger partial charge is 0.253 e. The van der Waals surface area contributed by atoms with Crippen LogP contribution in [0.3, 0.4) is 0 Å². The molecule has 7 atom stereocenters. The minimum atomic E-state index is 0.0843. The van der Waals surface area contributed by atoms with Gasteiger partial charge in [-0.3, -0.25) is 29.1 Å². The molecule has 0 spiro atoms. The van der Waals surface area contributed by atoms with Crippen molar-refractivity contribution in [2.45, 2.75) is 118 Å². The molecule has 3 aliphatic heterocycles. The standard InChI is InChI=1S/C28H39N3O2.C26H35N3O.C23H30N2O/c1-7-17-30-19-22(5)31(20-21(30)4)27(25-11-10-12-26(18-25)33-6)23-13-15-24(16-14-23)28(32)29(8-2)9-3;1-5-18-27-19-17-25(21(4)20-27)29(23-11-9-8-10-12-23)24-15-13-22(14-16-24)26(30)28(6-2)7-3;1-3-23(26)25(21-12-8-5-9-13-21)22-15-17-24(18-19(22)2)16-14-20-10-6-4-7-11-20/h7,10-16,18,21-22,27H,1,8-9,17,19-20H2,2-6H3;5,8-16,21,25H,1,6-7,17-20H2,2-4H3;4-13,19,22H,3,14-18H2,1-2H3/t21-,22+,27-;21?,25-;19-,22+/m101/s1. The molecule has 12 heteroatoms. The Hall–Kier alpha value is -7.35. The maximum absolute atomic E-state index is 12.8. The average Bonchev–Trinajstić information content (AvgIpc) is 1.76. The molecule has 0 aliphatic carbocycles. The van der Waals surface area contributed by atoms with E-state index in [-0.39, 0.29) is 29.8 Å². The molecule has 0 bridgehead atoms. The largest absolute Gasteiger partial charge is 0.497 e. The third-order valence-corrected chi connectivity index (χ3v) is 18.4. The Kier molecular flexibility index (Phi) is 27.3. The SMILES string of the molecule is C=CCN1CC[C@H](N(c2ccccc2)c2ccc(C(=O)N(CC)CC)cc2)C(C)C1.C=CCN1C[C@H](C)N([C@H](c2ccc(C(=O)N(CC)CC)cc2)c2cccc(OC)c2)C[C@H]1C.CCC(=O)N(c1ccccc1)[C@H]1CCN(CCc2ccccc2)C[C@H]1C. The van der Waals surface area contributed by atoms with Gasteiger partial charge in [-0.1, -0.05) is 124 Å². The lowest BCUT2D eigenvalue weighted by molar-refractivity contribution is -0.119. The first-order valence-electron chi connectivity index (χ1n) is 33.0. The first-order chi connectivity index (χ1) is 43.2. The Morgan fingerprint density at radius 1 is 0.551 bits per heavy atom. The van der Waals surface area contributed by atoms with Crippen LogP contribution in [0.5, 0.6) is 5.75 Å². The molecule has 3 fully saturated rings. The molecule has 6 aromatic rings. The second kappa shape index (κ2) is 35.1. The highest BCUT2D eigenvalue weighted by molar-refractivity contribution is 5.95. The molecule has 3 saturated heterocycles. The summed E-state index contributed by atoms with van der Waals surface area (Å²) in [5, 5.41) is 0. The number of methoxy groups -OCH3 is 1. The van der Waals surface area contributed by atoms with E-state index in [1.165, 1.54) is 22.4 Å². The lowest BCUT2D eigenvalue weighted by Crippen LogP contribution is -2.57. The van der Waals surface area contributed by atoms with E-state index >= 15 is 0 Å². The van der Waals surface area contributed by atoms with E-state index in [0.29, 0.717) is 49.5 Å². The predicted octanol–water partition coefficient (Wildman–Crippen LogP) is 14.4. The summed E-state index contributed by atoms with van der Waals surface area (Å²) in [7, 11) is 1.71. The molecule has 3 amide bonds. The number of para-hydroxylation sites is 2. The maximum Gasteiger partial charge on any atom is 0.253 e. The van der Waals surface area contributed by atoms with Crippen LogP contribution in [0, 0.1) is 11.8 Å². The number of nitrogens with zero attached hydrogens (tertiary/aromatic N) is 8. The van der Waals surface area contributed by atoms with Crippen LogP contribution >= 0.6 is 0 Å². The summed E-state index contributed by atoms with van der Waals surface area (Å²) in [6, 6.07) is 57.7. The third-order valence-electron chi connectivity index (χ3n) is 18.4. The number of carbonyl (C=O) groups is 3. The van der Waals surface area contributed by atoms with Crippen LogP contribution < -0.4 is 14.5 Å². The number of likely N-dealkylation sites (tertiary alicyclic amines) is 2. The van der Waals surface area contributed by atoms with Gasteiger partial charge in [-0.2, -0.15) is 0 Å². The topological polar surface area (TPSA) is 86.4 Å². The van der Waals surface area contributed by atoms with Gasteiger partial charge in [-0.05, 0) is 162 Å². The number of benzene rings is 6. The van der Waals surface area contributed by atoms with Gasteiger partial charge >= 0.3 is 0 Å². The van der Waals surface area contributed by atoms with Crippen LogP contribution in [-0.4, -0.2) is 163 Å². The summed E-state index contributed by atoms with van der Waals surface area (Å²) < 4.78 is 5.54. The van der Waals surface area contributed by atoms with Gasteiger partial charge in [-0.25, -0.2) is 0 Å². The third kappa shape index (κ3) is 18.6. The summed E-state index contributed by atoms with van der Waals surface area (Å²) in [6.45, 7) is 39.1. The van der Waals surface area contributed by atoms with Crippen molar-refractivity contribution in [3.63, 3.8) is 0 Å². The lowest BCUT2D eigenvalue weighted by Gasteiger charge is -2.47. The maximum atomic E-state index is 12.8. The number of hydrogen-bond acceptors (Lipinski definition) is 9. The molecule has 476 valence electrons. The number of piperidine rings is 2. The summed E-state index contributed by atoms with van der Waals surface area (Å²) in [5.41, 5.74) is 8.67. The van der Waals surface area contributed by atoms with E-state index in [2.05, 4.69) is 186 Å². The summed E-state index contributed by atoms with van der Waals surface area (Å²) >= 11 is 0. The Bertz CT molecular complexity index is 3080. The molecule has 89 heavy (non-hydrogen) atoms. The first kappa shape index (κ1) is 69.1. The van der Waals surface area contributed by atoms with Crippen molar-refractivity contribution in [3.05, 3.63) is 217 Å². The number of piperazine rings is 1. The second-order valence-electron chi connectivity index (χ2n) is 24.3. The van der Waals surface area contributed by atoms with Crippen molar-refractivity contribution >= 4 is 34.8 Å². The normalized spacial score (nSPS) is 20.1. The summed E-state index contributed by atoms with van der Waals surface area (Å²) in [5.74, 6) is 2.27. The lowest BCUT2D eigenvalue weighted by atomic mass is 9.91. The second-order valence-corrected chi connectivity index (χ2v) is 24.3. The first-order valence-corrected chi connectivity index (χ1v) is 33.0. The number of rotatable bonds is 23. The molecular weight excluding hydrogens is 1100 g/mol. The fourth-order valence-corrected chi connectivity index (χ4v) is 13.4. The molecular formula is C77H104N8O4. The van der Waals surface area contributed by atoms with Gasteiger partial charge in [0.15, 0.2) is 0 Å². The van der Waals surface area contributed by atoms with Gasteiger partial charge in [0, 0.05) is 144 Å². The Morgan fingerprint density at radius 3 is 1.61 bits per heavy atom. The van der Waals surface area contributed by atoms with Crippen LogP contribution in [0.25, 0.3) is 0 Å². The van der Waals surface area contributed by atoms with Crippen LogP contribution in [-0.2, 0) is 11.2 Å². The van der Waals surface area contributed by atoms with Gasteiger partial charge in [0.25, 0.3) is 11.8 Å². The summed E-state index contributed by atoms with van der Waals surface area (Å²) in [4.78, 5) is 56.5. The fourth-order valence-electron chi connectivity index (χ4n) is 13.4. The Balaban J connectivity index is 0.000000191. The van der Waals surface area contributed by atoms with Crippen molar-refractivity contribution < 1.29 is 19.1 Å². The van der Waals surface area contributed by atoms with Crippen LogP contribution in [0.15, 0.2) is 189 Å². The fraction of sp³-hybridized carbons (Fsp3) is 0.442. The number of hydrogen-bond donors (Lipinski definition) is 0. The number of amides is 3. The highest BCUT2D eigenvalue weighted by Crippen LogP contribution is 2.37. The van der Waals surface area contributed by atoms with E-state index in [1.807, 2.05) is 105 Å². The molecule has 0 N–H and O–H groups in total. The zero-order valence-electron chi connectivity index (χ0n) is 55.4. The number of anilines is 3. The van der Waals surface area contributed by atoms with Crippen molar-refractivity contribution in [2.24, 2.45) is 11.8 Å². The Labute approximate surface area is 535 Å². The molecule has 0 radical (unpaired) electrons. The molecule has 0 aromatic heterocycles. The average molecular weight is 1210 g/mol. The van der Waals surface area contributed by atoms with Gasteiger partial charge in [0.2, 0.25) is 5.91 Å². The number of ether oxygens (including phenoxy) is 1. The van der Waals surface area contributed by atoms with Gasteiger partial charge in [0.05, 0.1) is 13.2 Å². The predicted molar refractivity (Wildman–Crippen MR) is 371 cm³/mol. The quantitative estimate of drug-likeness (QED) is 0.0582. The molecule has 1 unspecified atom stereocenters. The Morgan fingerprint density at radius 2 is 1.07 bits per heavy atom.